The SMILES string of the molecule is CCCCCCc1ccc(C(=O)Oc2ccc(-c3ccc(CCC)cc3)cc2)cc1. The molecule has 0 atom stereocenters. The van der Waals surface area contributed by atoms with E-state index in [1.807, 2.05) is 48.5 Å². The second-order valence-electron chi connectivity index (χ2n) is 7.87. The van der Waals surface area contributed by atoms with Crippen molar-refractivity contribution in [3.63, 3.8) is 0 Å². The number of carbonyl (C=O) groups is 1. The van der Waals surface area contributed by atoms with E-state index in [0.717, 1.165) is 24.8 Å². The molecule has 30 heavy (non-hydrogen) atoms. The van der Waals surface area contributed by atoms with Crippen LogP contribution >= 0.6 is 0 Å². The van der Waals surface area contributed by atoms with Gasteiger partial charge in [-0.15, -0.1) is 0 Å². The summed E-state index contributed by atoms with van der Waals surface area (Å²) in [6.45, 7) is 4.41. The Morgan fingerprint density at radius 3 is 1.80 bits per heavy atom. The fourth-order valence-electron chi connectivity index (χ4n) is 3.60. The van der Waals surface area contributed by atoms with Gasteiger partial charge in [0.1, 0.15) is 5.75 Å². The molecule has 0 fully saturated rings. The zero-order valence-electron chi connectivity index (χ0n) is 18.2. The van der Waals surface area contributed by atoms with Gasteiger partial charge in [0.05, 0.1) is 5.56 Å². The summed E-state index contributed by atoms with van der Waals surface area (Å²) in [4.78, 5) is 12.5. The molecule has 0 amide bonds. The maximum Gasteiger partial charge on any atom is 0.343 e. The van der Waals surface area contributed by atoms with Gasteiger partial charge in [-0.1, -0.05) is 88.1 Å². The van der Waals surface area contributed by atoms with Crippen LogP contribution in [0.1, 0.15) is 67.4 Å². The van der Waals surface area contributed by atoms with Gasteiger partial charge >= 0.3 is 5.97 Å². The van der Waals surface area contributed by atoms with Gasteiger partial charge in [0.2, 0.25) is 0 Å². The van der Waals surface area contributed by atoms with Crippen molar-refractivity contribution in [3.8, 4) is 16.9 Å². The number of ether oxygens (including phenoxy) is 1. The van der Waals surface area contributed by atoms with Crippen LogP contribution in [-0.4, -0.2) is 5.97 Å². The average molecular weight is 401 g/mol. The van der Waals surface area contributed by atoms with Crippen LogP contribution in [0.4, 0.5) is 0 Å². The van der Waals surface area contributed by atoms with Crippen molar-refractivity contribution in [2.45, 2.75) is 58.8 Å². The molecule has 0 radical (unpaired) electrons. The number of esters is 1. The fourth-order valence-corrected chi connectivity index (χ4v) is 3.60. The minimum Gasteiger partial charge on any atom is -0.423 e. The van der Waals surface area contributed by atoms with Crippen molar-refractivity contribution >= 4 is 5.97 Å². The Kier molecular flexibility index (Phi) is 8.26. The highest BCUT2D eigenvalue weighted by Gasteiger charge is 2.09. The van der Waals surface area contributed by atoms with Gasteiger partial charge in [-0.05, 0) is 65.8 Å². The van der Waals surface area contributed by atoms with Gasteiger partial charge in [0.15, 0.2) is 0 Å². The normalized spacial score (nSPS) is 10.7. The lowest BCUT2D eigenvalue weighted by atomic mass is 10.0. The number of unbranched alkanes of at least 4 members (excludes halogenated alkanes) is 3. The third-order valence-corrected chi connectivity index (χ3v) is 5.40. The predicted octanol–water partition coefficient (Wildman–Crippen LogP) is 7.65. The van der Waals surface area contributed by atoms with Crippen molar-refractivity contribution in [1.29, 1.82) is 0 Å². The van der Waals surface area contributed by atoms with E-state index < -0.39 is 0 Å². The summed E-state index contributed by atoms with van der Waals surface area (Å²) in [6.07, 6.45) is 8.32. The molecule has 0 aliphatic carbocycles. The summed E-state index contributed by atoms with van der Waals surface area (Å²) >= 11 is 0. The van der Waals surface area contributed by atoms with E-state index in [4.69, 9.17) is 4.74 Å². The molecule has 0 heterocycles. The molecule has 0 aromatic heterocycles. The number of rotatable bonds is 10. The Bertz CT molecular complexity index is 906. The molecule has 0 unspecified atom stereocenters. The largest absolute Gasteiger partial charge is 0.423 e. The van der Waals surface area contributed by atoms with Crippen LogP contribution in [0.5, 0.6) is 5.75 Å². The quantitative estimate of drug-likeness (QED) is 0.198. The minimum absolute atomic E-state index is 0.316. The summed E-state index contributed by atoms with van der Waals surface area (Å²) in [5, 5.41) is 0. The van der Waals surface area contributed by atoms with Crippen molar-refractivity contribution in [2.75, 3.05) is 0 Å². The molecule has 0 saturated heterocycles. The monoisotopic (exact) mass is 400 g/mol. The maximum absolute atomic E-state index is 12.5. The van der Waals surface area contributed by atoms with Crippen molar-refractivity contribution < 1.29 is 9.53 Å². The second-order valence-corrected chi connectivity index (χ2v) is 7.87. The molecule has 0 bridgehead atoms. The van der Waals surface area contributed by atoms with Crippen molar-refractivity contribution in [1.82, 2.24) is 0 Å². The van der Waals surface area contributed by atoms with Crippen molar-refractivity contribution in [2.24, 2.45) is 0 Å². The first-order chi connectivity index (χ1) is 14.7. The Balaban J connectivity index is 1.56. The number of hydrogen-bond donors (Lipinski definition) is 0. The maximum atomic E-state index is 12.5. The van der Waals surface area contributed by atoms with Crippen LogP contribution < -0.4 is 4.74 Å². The van der Waals surface area contributed by atoms with Crippen LogP contribution in [0.2, 0.25) is 0 Å². The van der Waals surface area contributed by atoms with E-state index in [2.05, 4.69) is 38.1 Å². The van der Waals surface area contributed by atoms with Gasteiger partial charge < -0.3 is 4.74 Å². The van der Waals surface area contributed by atoms with Crippen LogP contribution in [0, 0.1) is 0 Å². The summed E-state index contributed by atoms with van der Waals surface area (Å²) in [5.74, 6) is 0.249. The van der Waals surface area contributed by atoms with E-state index in [0.29, 0.717) is 11.3 Å². The zero-order valence-corrected chi connectivity index (χ0v) is 18.2. The molecule has 0 N–H and O–H groups in total. The molecule has 156 valence electrons. The predicted molar refractivity (Wildman–Crippen MR) is 125 cm³/mol. The first kappa shape index (κ1) is 21.8. The standard InChI is InChI=1S/C28H32O2/c1-3-5-6-7-9-23-12-16-26(17-13-23)28(29)30-27-20-18-25(19-21-27)24-14-10-22(8-4-2)11-15-24/h10-21H,3-9H2,1-2H3. The van der Waals surface area contributed by atoms with Crippen LogP contribution in [-0.2, 0) is 12.8 Å². The van der Waals surface area contributed by atoms with Gasteiger partial charge in [0.25, 0.3) is 0 Å². The van der Waals surface area contributed by atoms with Crippen LogP contribution in [0.25, 0.3) is 11.1 Å². The Hall–Kier alpha value is -2.87. The first-order valence-corrected chi connectivity index (χ1v) is 11.2. The van der Waals surface area contributed by atoms with E-state index >= 15 is 0 Å². The molecular formula is C28H32O2. The highest BCUT2D eigenvalue weighted by molar-refractivity contribution is 5.91. The molecule has 0 saturated carbocycles. The second kappa shape index (κ2) is 11.3. The highest BCUT2D eigenvalue weighted by Crippen LogP contribution is 2.24. The molecule has 2 heteroatoms. The fraction of sp³-hybridized carbons (Fsp3) is 0.321. The molecule has 2 nitrogen and oxygen atoms in total. The summed E-state index contributed by atoms with van der Waals surface area (Å²) in [6, 6.07) is 24.2. The van der Waals surface area contributed by atoms with Crippen LogP contribution in [0.15, 0.2) is 72.8 Å². The Labute approximate surface area is 180 Å². The van der Waals surface area contributed by atoms with Gasteiger partial charge in [-0.3, -0.25) is 0 Å². The van der Waals surface area contributed by atoms with Crippen molar-refractivity contribution in [3.05, 3.63) is 89.5 Å². The molecule has 0 spiro atoms. The smallest absolute Gasteiger partial charge is 0.343 e. The van der Waals surface area contributed by atoms with E-state index in [1.165, 1.54) is 42.4 Å². The van der Waals surface area contributed by atoms with E-state index in [-0.39, 0.29) is 5.97 Å². The first-order valence-electron chi connectivity index (χ1n) is 11.2. The van der Waals surface area contributed by atoms with E-state index in [1.54, 1.807) is 0 Å². The van der Waals surface area contributed by atoms with Gasteiger partial charge in [-0.25, -0.2) is 4.79 Å². The summed E-state index contributed by atoms with van der Waals surface area (Å²) in [5.41, 5.74) is 5.51. The minimum atomic E-state index is -0.316. The molecule has 3 aromatic carbocycles. The lowest BCUT2D eigenvalue weighted by Crippen LogP contribution is -2.08. The van der Waals surface area contributed by atoms with Crippen LogP contribution in [0.3, 0.4) is 0 Å². The topological polar surface area (TPSA) is 26.3 Å². The Morgan fingerprint density at radius 1 is 0.633 bits per heavy atom. The van der Waals surface area contributed by atoms with Gasteiger partial charge in [-0.2, -0.15) is 0 Å². The average Bonchev–Trinajstić information content (AvgIpc) is 2.78. The number of aryl methyl sites for hydroxylation is 2. The summed E-state index contributed by atoms with van der Waals surface area (Å²) in [7, 11) is 0. The highest BCUT2D eigenvalue weighted by atomic mass is 16.5. The zero-order chi connectivity index (χ0) is 21.2. The third kappa shape index (κ3) is 6.32. The molecule has 3 rings (SSSR count). The third-order valence-electron chi connectivity index (χ3n) is 5.40. The lowest BCUT2D eigenvalue weighted by molar-refractivity contribution is 0.0735. The Morgan fingerprint density at radius 2 is 1.20 bits per heavy atom. The van der Waals surface area contributed by atoms with Gasteiger partial charge in [0, 0.05) is 0 Å². The molecule has 3 aromatic rings. The number of benzene rings is 3. The molecule has 0 aliphatic rings. The number of carbonyl (C=O) groups excluding carboxylic acids is 1. The van der Waals surface area contributed by atoms with E-state index in [9.17, 15) is 4.79 Å². The summed E-state index contributed by atoms with van der Waals surface area (Å²) < 4.78 is 5.56. The lowest BCUT2D eigenvalue weighted by Gasteiger charge is -2.08. The molecule has 0 aliphatic heterocycles. The molecular weight excluding hydrogens is 368 g/mol. The number of hydrogen-bond acceptors (Lipinski definition) is 2.